The summed E-state index contributed by atoms with van der Waals surface area (Å²) in [5.41, 5.74) is 0.162. The first kappa shape index (κ1) is 13.2. The summed E-state index contributed by atoms with van der Waals surface area (Å²) in [5.74, 6) is 0.756. The number of thiol groups is 1. The Balaban J connectivity index is 1.74. The number of ether oxygens (including phenoxy) is 2. The van der Waals surface area contributed by atoms with Crippen molar-refractivity contribution in [1.82, 2.24) is 0 Å². The van der Waals surface area contributed by atoms with Crippen molar-refractivity contribution in [2.24, 2.45) is 5.41 Å². The first-order valence-electron chi connectivity index (χ1n) is 6.50. The zero-order valence-corrected chi connectivity index (χ0v) is 11.4. The van der Waals surface area contributed by atoms with Gasteiger partial charge in [-0.2, -0.15) is 12.6 Å². The minimum atomic E-state index is -0.0432. The maximum Gasteiger partial charge on any atom is 0.306 e. The number of esters is 1. The second-order valence-electron chi connectivity index (χ2n) is 5.47. The standard InChI is InChI=1S/C13H22O3S/c1-15-10-3-2-4-11(7-10)16-12(14)8-13(9-17)5-6-13/h10-11,17H,2-9H2,1H3. The predicted octanol–water partition coefficient (Wildman–Crippen LogP) is 2.59. The predicted molar refractivity (Wildman–Crippen MR) is 69.3 cm³/mol. The third-order valence-corrected chi connectivity index (χ3v) is 4.69. The minimum Gasteiger partial charge on any atom is -0.462 e. The fraction of sp³-hybridized carbons (Fsp3) is 0.923. The molecule has 0 aromatic heterocycles. The van der Waals surface area contributed by atoms with Crippen LogP contribution in [0.15, 0.2) is 0 Å². The second-order valence-corrected chi connectivity index (χ2v) is 5.79. The highest BCUT2D eigenvalue weighted by Crippen LogP contribution is 2.49. The summed E-state index contributed by atoms with van der Waals surface area (Å²) in [6.07, 6.45) is 7.14. The Labute approximate surface area is 109 Å². The summed E-state index contributed by atoms with van der Waals surface area (Å²) >= 11 is 4.31. The van der Waals surface area contributed by atoms with Gasteiger partial charge in [0, 0.05) is 13.5 Å². The van der Waals surface area contributed by atoms with E-state index < -0.39 is 0 Å². The van der Waals surface area contributed by atoms with Gasteiger partial charge in [0.05, 0.1) is 12.5 Å². The number of carbonyl (C=O) groups excluding carboxylic acids is 1. The van der Waals surface area contributed by atoms with E-state index in [-0.39, 0.29) is 23.6 Å². The van der Waals surface area contributed by atoms with E-state index in [1.807, 2.05) is 0 Å². The lowest BCUT2D eigenvalue weighted by atomic mass is 9.95. The maximum atomic E-state index is 11.8. The molecule has 0 N–H and O–H groups in total. The average Bonchev–Trinajstić information content (AvgIpc) is 3.09. The van der Waals surface area contributed by atoms with Crippen LogP contribution in [0.2, 0.25) is 0 Å². The van der Waals surface area contributed by atoms with E-state index in [0.717, 1.165) is 44.3 Å². The van der Waals surface area contributed by atoms with Crippen LogP contribution >= 0.6 is 12.6 Å². The van der Waals surface area contributed by atoms with Crippen LogP contribution in [-0.2, 0) is 14.3 Å². The summed E-state index contributed by atoms with van der Waals surface area (Å²) in [6.45, 7) is 0. The molecule has 0 spiro atoms. The van der Waals surface area contributed by atoms with Crippen molar-refractivity contribution < 1.29 is 14.3 Å². The van der Waals surface area contributed by atoms with Crippen molar-refractivity contribution >= 4 is 18.6 Å². The Bertz CT molecular complexity index is 276. The Morgan fingerprint density at radius 3 is 2.65 bits per heavy atom. The highest BCUT2D eigenvalue weighted by atomic mass is 32.1. The van der Waals surface area contributed by atoms with Gasteiger partial charge in [-0.05, 0) is 43.3 Å². The van der Waals surface area contributed by atoms with Crippen LogP contribution in [-0.4, -0.2) is 31.0 Å². The molecule has 0 saturated heterocycles. The van der Waals surface area contributed by atoms with Crippen LogP contribution in [0, 0.1) is 5.41 Å². The van der Waals surface area contributed by atoms with Crippen LogP contribution in [0.1, 0.15) is 44.9 Å². The van der Waals surface area contributed by atoms with Gasteiger partial charge in [0.2, 0.25) is 0 Å². The van der Waals surface area contributed by atoms with E-state index in [1.165, 1.54) is 0 Å². The molecule has 98 valence electrons. The van der Waals surface area contributed by atoms with Gasteiger partial charge in [-0.3, -0.25) is 4.79 Å². The normalized spacial score (nSPS) is 30.9. The van der Waals surface area contributed by atoms with Gasteiger partial charge in [0.1, 0.15) is 6.10 Å². The van der Waals surface area contributed by atoms with E-state index in [9.17, 15) is 4.79 Å². The summed E-state index contributed by atoms with van der Waals surface area (Å²) in [5, 5.41) is 0. The quantitative estimate of drug-likeness (QED) is 0.608. The lowest BCUT2D eigenvalue weighted by Gasteiger charge is -2.28. The van der Waals surface area contributed by atoms with E-state index in [2.05, 4.69) is 12.6 Å². The lowest BCUT2D eigenvalue weighted by Crippen LogP contribution is -2.30. The largest absolute Gasteiger partial charge is 0.462 e. The molecule has 3 nitrogen and oxygen atoms in total. The molecule has 2 atom stereocenters. The highest BCUT2D eigenvalue weighted by Gasteiger charge is 2.43. The molecule has 4 heteroatoms. The van der Waals surface area contributed by atoms with Crippen LogP contribution in [0.5, 0.6) is 0 Å². The number of rotatable bonds is 5. The molecule has 2 unspecified atom stereocenters. The van der Waals surface area contributed by atoms with Gasteiger partial charge >= 0.3 is 5.97 Å². The SMILES string of the molecule is COC1CCCC(OC(=O)CC2(CS)CC2)C1. The molecule has 2 rings (SSSR count). The van der Waals surface area contributed by atoms with Crippen molar-refractivity contribution in [3.63, 3.8) is 0 Å². The minimum absolute atomic E-state index is 0.0432. The Morgan fingerprint density at radius 1 is 1.35 bits per heavy atom. The Hall–Kier alpha value is -0.220. The molecule has 2 saturated carbocycles. The summed E-state index contributed by atoms with van der Waals surface area (Å²) in [7, 11) is 1.73. The molecule has 0 bridgehead atoms. The zero-order valence-electron chi connectivity index (χ0n) is 10.5. The van der Waals surface area contributed by atoms with Crippen molar-refractivity contribution in [2.45, 2.75) is 57.2 Å². The molecule has 0 radical (unpaired) electrons. The van der Waals surface area contributed by atoms with E-state index in [1.54, 1.807) is 7.11 Å². The topological polar surface area (TPSA) is 35.5 Å². The summed E-state index contributed by atoms with van der Waals surface area (Å²) in [4.78, 5) is 11.8. The van der Waals surface area contributed by atoms with Gasteiger partial charge in [-0.15, -0.1) is 0 Å². The molecule has 0 aliphatic heterocycles. The third-order valence-electron chi connectivity index (χ3n) is 4.02. The summed E-state index contributed by atoms with van der Waals surface area (Å²) in [6, 6.07) is 0. The Morgan fingerprint density at radius 2 is 2.06 bits per heavy atom. The monoisotopic (exact) mass is 258 g/mol. The van der Waals surface area contributed by atoms with Gasteiger partial charge in [0.15, 0.2) is 0 Å². The lowest BCUT2D eigenvalue weighted by molar-refractivity contribution is -0.153. The van der Waals surface area contributed by atoms with Crippen LogP contribution in [0.4, 0.5) is 0 Å². The van der Waals surface area contributed by atoms with Gasteiger partial charge in [-0.1, -0.05) is 0 Å². The van der Waals surface area contributed by atoms with Crippen LogP contribution in [0.3, 0.4) is 0 Å². The second kappa shape index (κ2) is 5.61. The molecular formula is C13H22O3S. The molecular weight excluding hydrogens is 236 g/mol. The maximum absolute atomic E-state index is 11.8. The van der Waals surface area contributed by atoms with Crippen molar-refractivity contribution in [3.05, 3.63) is 0 Å². The smallest absolute Gasteiger partial charge is 0.306 e. The van der Waals surface area contributed by atoms with E-state index in [4.69, 9.17) is 9.47 Å². The van der Waals surface area contributed by atoms with E-state index in [0.29, 0.717) is 6.42 Å². The molecule has 0 amide bonds. The molecule has 0 heterocycles. The molecule has 17 heavy (non-hydrogen) atoms. The highest BCUT2D eigenvalue weighted by molar-refractivity contribution is 7.80. The fourth-order valence-corrected chi connectivity index (χ4v) is 2.95. The first-order valence-corrected chi connectivity index (χ1v) is 7.14. The van der Waals surface area contributed by atoms with Gasteiger partial charge in [-0.25, -0.2) is 0 Å². The zero-order chi connectivity index (χ0) is 12.3. The molecule has 0 aromatic carbocycles. The van der Waals surface area contributed by atoms with Crippen molar-refractivity contribution in [3.8, 4) is 0 Å². The number of hydrogen-bond acceptors (Lipinski definition) is 4. The molecule has 2 aliphatic carbocycles. The number of methoxy groups -OCH3 is 1. The fourth-order valence-electron chi connectivity index (χ4n) is 2.52. The van der Waals surface area contributed by atoms with Gasteiger partial charge in [0.25, 0.3) is 0 Å². The third kappa shape index (κ3) is 3.62. The van der Waals surface area contributed by atoms with Crippen LogP contribution in [0.25, 0.3) is 0 Å². The van der Waals surface area contributed by atoms with E-state index >= 15 is 0 Å². The number of hydrogen-bond donors (Lipinski definition) is 1. The average molecular weight is 258 g/mol. The molecule has 0 aromatic rings. The van der Waals surface area contributed by atoms with Crippen molar-refractivity contribution in [1.29, 1.82) is 0 Å². The Kier molecular flexibility index (Phi) is 4.36. The first-order chi connectivity index (χ1) is 8.17. The van der Waals surface area contributed by atoms with Crippen LogP contribution < -0.4 is 0 Å². The molecule has 2 fully saturated rings. The van der Waals surface area contributed by atoms with Gasteiger partial charge < -0.3 is 9.47 Å². The molecule has 2 aliphatic rings. The van der Waals surface area contributed by atoms with Crippen molar-refractivity contribution in [2.75, 3.05) is 12.9 Å². The number of carbonyl (C=O) groups is 1. The summed E-state index contributed by atoms with van der Waals surface area (Å²) < 4.78 is 10.9.